The van der Waals surface area contributed by atoms with Crippen LogP contribution in [-0.4, -0.2) is 59.2 Å². The Morgan fingerprint density at radius 2 is 1.80 bits per heavy atom. The second kappa shape index (κ2) is 6.17. The van der Waals surface area contributed by atoms with Gasteiger partial charge in [0.1, 0.15) is 5.60 Å². The van der Waals surface area contributed by atoms with Crippen LogP contribution in [0, 0.1) is 0 Å². The smallest absolute Gasteiger partial charge is 0.320 e. The van der Waals surface area contributed by atoms with Crippen molar-refractivity contribution in [1.29, 1.82) is 0 Å². The van der Waals surface area contributed by atoms with Gasteiger partial charge >= 0.3 is 5.97 Å². The summed E-state index contributed by atoms with van der Waals surface area (Å²) in [7, 11) is 0. The fourth-order valence-electron chi connectivity index (χ4n) is 2.12. The Kier molecular flexibility index (Phi) is 4.54. The second-order valence-corrected chi connectivity index (χ2v) is 5.90. The van der Waals surface area contributed by atoms with Gasteiger partial charge in [-0.3, -0.25) is 9.69 Å². The van der Waals surface area contributed by atoms with Crippen LogP contribution in [-0.2, 0) is 9.53 Å². The SMILES string of the molecule is CC(C)(C)OC(=O)CN1CCN(c2ncccn2)CC1. The van der Waals surface area contributed by atoms with E-state index in [4.69, 9.17) is 4.74 Å². The van der Waals surface area contributed by atoms with Crippen LogP contribution in [0.25, 0.3) is 0 Å². The molecule has 1 saturated heterocycles. The Morgan fingerprint density at radius 3 is 2.35 bits per heavy atom. The van der Waals surface area contributed by atoms with E-state index in [1.807, 2.05) is 26.8 Å². The van der Waals surface area contributed by atoms with Crippen LogP contribution in [0.4, 0.5) is 5.95 Å². The number of hydrogen-bond acceptors (Lipinski definition) is 6. The van der Waals surface area contributed by atoms with E-state index in [1.54, 1.807) is 12.4 Å². The van der Waals surface area contributed by atoms with Crippen molar-refractivity contribution in [2.75, 3.05) is 37.6 Å². The fourth-order valence-corrected chi connectivity index (χ4v) is 2.12. The highest BCUT2D eigenvalue weighted by atomic mass is 16.6. The lowest BCUT2D eigenvalue weighted by Gasteiger charge is -2.34. The van der Waals surface area contributed by atoms with Crippen molar-refractivity contribution in [3.63, 3.8) is 0 Å². The number of esters is 1. The summed E-state index contributed by atoms with van der Waals surface area (Å²) in [5.74, 6) is 0.589. The first-order valence-corrected chi connectivity index (χ1v) is 6.90. The van der Waals surface area contributed by atoms with Crippen molar-refractivity contribution in [2.45, 2.75) is 26.4 Å². The topological polar surface area (TPSA) is 58.6 Å². The summed E-state index contributed by atoms with van der Waals surface area (Å²) in [4.78, 5) is 24.5. The maximum atomic E-state index is 11.8. The van der Waals surface area contributed by atoms with Gasteiger partial charge < -0.3 is 9.64 Å². The molecule has 0 radical (unpaired) electrons. The van der Waals surface area contributed by atoms with Gasteiger partial charge in [0.15, 0.2) is 0 Å². The molecule has 1 aliphatic heterocycles. The predicted molar refractivity (Wildman–Crippen MR) is 76.5 cm³/mol. The van der Waals surface area contributed by atoms with Crippen molar-refractivity contribution < 1.29 is 9.53 Å². The van der Waals surface area contributed by atoms with Gasteiger partial charge in [-0.15, -0.1) is 0 Å². The number of aromatic nitrogens is 2. The van der Waals surface area contributed by atoms with Crippen molar-refractivity contribution in [3.8, 4) is 0 Å². The molecule has 0 N–H and O–H groups in total. The normalized spacial score (nSPS) is 17.1. The highest BCUT2D eigenvalue weighted by Gasteiger charge is 2.23. The molecule has 0 aromatic carbocycles. The van der Waals surface area contributed by atoms with E-state index in [0.29, 0.717) is 6.54 Å². The number of carbonyl (C=O) groups is 1. The standard InChI is InChI=1S/C14H22N4O2/c1-14(2,3)20-12(19)11-17-7-9-18(10-8-17)13-15-5-4-6-16-13/h4-6H,7-11H2,1-3H3. The van der Waals surface area contributed by atoms with Gasteiger partial charge in [0.2, 0.25) is 5.95 Å². The van der Waals surface area contributed by atoms with Crippen LogP contribution in [0.3, 0.4) is 0 Å². The average Bonchev–Trinajstić information content (AvgIpc) is 2.38. The lowest BCUT2D eigenvalue weighted by Crippen LogP contribution is -2.49. The molecule has 2 rings (SSSR count). The van der Waals surface area contributed by atoms with Gasteiger partial charge in [-0.2, -0.15) is 0 Å². The Bertz CT molecular complexity index is 436. The molecule has 1 fully saturated rings. The highest BCUT2D eigenvalue weighted by Crippen LogP contribution is 2.11. The Balaban J connectivity index is 1.79. The third-order valence-corrected chi connectivity index (χ3v) is 2.98. The first-order valence-electron chi connectivity index (χ1n) is 6.90. The first kappa shape index (κ1) is 14.7. The Hall–Kier alpha value is -1.69. The van der Waals surface area contributed by atoms with Gasteiger partial charge in [-0.05, 0) is 26.8 Å². The molecule has 6 heteroatoms. The number of ether oxygens (including phenoxy) is 1. The summed E-state index contributed by atoms with van der Waals surface area (Å²) >= 11 is 0. The van der Waals surface area contributed by atoms with Crippen molar-refractivity contribution in [1.82, 2.24) is 14.9 Å². The van der Waals surface area contributed by atoms with E-state index in [2.05, 4.69) is 19.8 Å². The molecule has 0 bridgehead atoms. The number of rotatable bonds is 3. The summed E-state index contributed by atoms with van der Waals surface area (Å²) in [6.07, 6.45) is 3.49. The molecule has 0 atom stereocenters. The van der Waals surface area contributed by atoms with Crippen LogP contribution in [0.5, 0.6) is 0 Å². The minimum absolute atomic E-state index is 0.165. The van der Waals surface area contributed by atoms with Crippen LogP contribution < -0.4 is 4.90 Å². The second-order valence-electron chi connectivity index (χ2n) is 5.90. The zero-order valence-corrected chi connectivity index (χ0v) is 12.4. The van der Waals surface area contributed by atoms with E-state index in [-0.39, 0.29) is 5.97 Å². The maximum Gasteiger partial charge on any atom is 0.320 e. The molecule has 20 heavy (non-hydrogen) atoms. The number of nitrogens with zero attached hydrogens (tertiary/aromatic N) is 4. The minimum atomic E-state index is -0.420. The maximum absolute atomic E-state index is 11.8. The third-order valence-electron chi connectivity index (χ3n) is 2.98. The summed E-state index contributed by atoms with van der Waals surface area (Å²) < 4.78 is 5.33. The number of anilines is 1. The quantitative estimate of drug-likeness (QED) is 0.767. The Morgan fingerprint density at radius 1 is 1.20 bits per heavy atom. The van der Waals surface area contributed by atoms with Crippen LogP contribution in [0.2, 0.25) is 0 Å². The number of piperazine rings is 1. The molecular weight excluding hydrogens is 256 g/mol. The monoisotopic (exact) mass is 278 g/mol. The summed E-state index contributed by atoms with van der Waals surface area (Å²) in [6, 6.07) is 1.81. The van der Waals surface area contributed by atoms with E-state index in [1.165, 1.54) is 0 Å². The van der Waals surface area contributed by atoms with Gasteiger partial charge in [-0.1, -0.05) is 0 Å². The predicted octanol–water partition coefficient (Wildman–Crippen LogP) is 0.940. The van der Waals surface area contributed by atoms with E-state index in [9.17, 15) is 4.79 Å². The molecule has 0 unspecified atom stereocenters. The molecular formula is C14H22N4O2. The molecule has 1 aromatic heterocycles. The van der Waals surface area contributed by atoms with Crippen molar-refractivity contribution in [2.24, 2.45) is 0 Å². The summed E-state index contributed by atoms with van der Waals surface area (Å²) in [5.41, 5.74) is -0.420. The average molecular weight is 278 g/mol. The van der Waals surface area contributed by atoms with Crippen molar-refractivity contribution >= 4 is 11.9 Å². The van der Waals surface area contributed by atoms with Gasteiger partial charge in [-0.25, -0.2) is 9.97 Å². The van der Waals surface area contributed by atoms with Crippen LogP contribution >= 0.6 is 0 Å². The molecule has 0 saturated carbocycles. The lowest BCUT2D eigenvalue weighted by atomic mass is 10.2. The molecule has 2 heterocycles. The van der Waals surface area contributed by atoms with Crippen LogP contribution in [0.15, 0.2) is 18.5 Å². The van der Waals surface area contributed by atoms with E-state index >= 15 is 0 Å². The molecule has 6 nitrogen and oxygen atoms in total. The highest BCUT2D eigenvalue weighted by molar-refractivity contribution is 5.72. The van der Waals surface area contributed by atoms with Crippen molar-refractivity contribution in [3.05, 3.63) is 18.5 Å². The first-order chi connectivity index (χ1) is 9.44. The minimum Gasteiger partial charge on any atom is -0.459 e. The van der Waals surface area contributed by atoms with E-state index in [0.717, 1.165) is 32.1 Å². The molecule has 1 aromatic rings. The largest absolute Gasteiger partial charge is 0.459 e. The lowest BCUT2D eigenvalue weighted by molar-refractivity contribution is -0.156. The zero-order valence-electron chi connectivity index (χ0n) is 12.4. The fraction of sp³-hybridized carbons (Fsp3) is 0.643. The van der Waals surface area contributed by atoms with Gasteiger partial charge in [0.05, 0.1) is 6.54 Å². The number of hydrogen-bond donors (Lipinski definition) is 0. The molecule has 110 valence electrons. The third kappa shape index (κ3) is 4.45. The number of carbonyl (C=O) groups excluding carboxylic acids is 1. The molecule has 0 spiro atoms. The van der Waals surface area contributed by atoms with E-state index < -0.39 is 5.60 Å². The molecule has 0 amide bonds. The van der Waals surface area contributed by atoms with Gasteiger partial charge in [0.25, 0.3) is 0 Å². The summed E-state index contributed by atoms with van der Waals surface area (Å²) in [5, 5.41) is 0. The van der Waals surface area contributed by atoms with Crippen LogP contribution in [0.1, 0.15) is 20.8 Å². The molecule has 0 aliphatic carbocycles. The summed E-state index contributed by atoms with van der Waals surface area (Å²) in [6.45, 7) is 9.29. The van der Waals surface area contributed by atoms with Gasteiger partial charge in [0, 0.05) is 38.6 Å². The zero-order chi connectivity index (χ0) is 14.6. The molecule has 1 aliphatic rings. The Labute approximate surface area is 119 Å².